The molecule has 0 amide bonds. The third-order valence-electron chi connectivity index (χ3n) is 8.60. The van der Waals surface area contributed by atoms with Crippen LogP contribution in [-0.4, -0.2) is 53.9 Å². The normalized spacial score (nSPS) is 19.9. The molecule has 3 aliphatic heterocycles. The number of aryl methyl sites for hydroxylation is 3. The summed E-state index contributed by atoms with van der Waals surface area (Å²) in [6.45, 7) is 7.76. The largest absolute Gasteiger partial charge is 0.494 e. The van der Waals surface area contributed by atoms with Crippen LogP contribution in [0.5, 0.6) is 5.75 Å². The topological polar surface area (TPSA) is 107 Å². The monoisotopic (exact) mass is 603 g/mol. The molecule has 4 heterocycles. The minimum absolute atomic E-state index is 0.151. The van der Waals surface area contributed by atoms with E-state index in [1.807, 2.05) is 61.0 Å². The van der Waals surface area contributed by atoms with Gasteiger partial charge in [-0.15, -0.1) is 5.10 Å². The van der Waals surface area contributed by atoms with Gasteiger partial charge in [0, 0.05) is 32.6 Å². The van der Waals surface area contributed by atoms with Crippen LogP contribution in [0.1, 0.15) is 65.5 Å². The summed E-state index contributed by atoms with van der Waals surface area (Å²) in [5.74, 6) is 0.122. The number of benzene rings is 3. The van der Waals surface area contributed by atoms with Crippen LogP contribution in [0.2, 0.25) is 0 Å². The number of hydrogen-bond acceptors (Lipinski definition) is 7. The number of fused-ring (bicyclic) bond motifs is 5. The summed E-state index contributed by atoms with van der Waals surface area (Å²) < 4.78 is 43.5. The van der Waals surface area contributed by atoms with E-state index in [0.29, 0.717) is 25.4 Å². The predicted octanol–water partition coefficient (Wildman–Crippen LogP) is 5.00. The fourth-order valence-corrected chi connectivity index (χ4v) is 7.51. The maximum Gasteiger partial charge on any atom is 0.306 e. The van der Waals surface area contributed by atoms with Gasteiger partial charge in [-0.2, -0.15) is 12.7 Å². The van der Waals surface area contributed by atoms with Crippen molar-refractivity contribution in [3.63, 3.8) is 0 Å². The molecule has 1 aromatic heterocycles. The lowest BCUT2D eigenvalue weighted by Crippen LogP contribution is -2.45. The van der Waals surface area contributed by atoms with Crippen LogP contribution in [0.3, 0.4) is 0 Å². The molecule has 0 aliphatic carbocycles. The second-order valence-electron chi connectivity index (χ2n) is 11.3. The fraction of sp³-hybridized carbons (Fsp3) is 0.406. The van der Waals surface area contributed by atoms with E-state index < -0.39 is 10.2 Å². The minimum atomic E-state index is -3.76. The Kier molecular flexibility index (Phi) is 7.87. The molecule has 0 saturated heterocycles. The van der Waals surface area contributed by atoms with E-state index in [9.17, 15) is 13.2 Å². The fourth-order valence-electron chi connectivity index (χ4n) is 6.13. The molecular formula is C32H37N5O5S. The van der Waals surface area contributed by atoms with Crippen LogP contribution in [0.4, 0.5) is 5.69 Å². The molecule has 226 valence electrons. The van der Waals surface area contributed by atoms with Gasteiger partial charge in [-0.05, 0) is 91.3 Å². The van der Waals surface area contributed by atoms with Crippen molar-refractivity contribution in [3.8, 4) is 5.75 Å². The van der Waals surface area contributed by atoms with E-state index in [-0.39, 0.29) is 31.4 Å². The molecule has 9 bridgehead atoms. The number of carbonyl (C=O) groups excluding carboxylic acids is 1. The van der Waals surface area contributed by atoms with Crippen LogP contribution < -0.4 is 9.04 Å². The lowest BCUT2D eigenvalue weighted by Gasteiger charge is -2.35. The number of hydrogen-bond donors (Lipinski definition) is 0. The summed E-state index contributed by atoms with van der Waals surface area (Å²) in [6, 6.07) is 15.7. The van der Waals surface area contributed by atoms with E-state index in [1.54, 1.807) is 14.0 Å². The zero-order valence-corrected chi connectivity index (χ0v) is 25.9. The quantitative estimate of drug-likeness (QED) is 0.303. The van der Waals surface area contributed by atoms with Gasteiger partial charge in [0.25, 0.3) is 0 Å². The van der Waals surface area contributed by atoms with Gasteiger partial charge in [0.1, 0.15) is 11.3 Å². The van der Waals surface area contributed by atoms with Crippen molar-refractivity contribution in [2.24, 2.45) is 0 Å². The molecule has 0 saturated carbocycles. The molecule has 3 aliphatic rings. The van der Waals surface area contributed by atoms with Crippen molar-refractivity contribution in [1.29, 1.82) is 0 Å². The first-order chi connectivity index (χ1) is 20.7. The van der Waals surface area contributed by atoms with Gasteiger partial charge >= 0.3 is 16.2 Å². The number of esters is 1. The van der Waals surface area contributed by atoms with Gasteiger partial charge in [0.05, 0.1) is 30.8 Å². The van der Waals surface area contributed by atoms with Crippen LogP contribution >= 0.6 is 0 Å². The third-order valence-corrected chi connectivity index (χ3v) is 10.4. The molecule has 0 radical (unpaired) electrons. The highest BCUT2D eigenvalue weighted by Crippen LogP contribution is 2.37. The van der Waals surface area contributed by atoms with Gasteiger partial charge in [0.15, 0.2) is 0 Å². The third kappa shape index (κ3) is 5.47. The number of anilines is 1. The van der Waals surface area contributed by atoms with Gasteiger partial charge < -0.3 is 9.47 Å². The van der Waals surface area contributed by atoms with Gasteiger partial charge in [-0.3, -0.25) is 9.10 Å². The summed E-state index contributed by atoms with van der Waals surface area (Å²) >= 11 is 0. The SMILES string of the molecule is CCOC(=O)CC1c2ccc(C)c(c2)CN2Cc3cc(ccc3N(C)S2(=O)=O)OCCCCn2nnc3c(C)c1ccc32. The van der Waals surface area contributed by atoms with E-state index >= 15 is 0 Å². The number of carbonyl (C=O) groups is 1. The first-order valence-corrected chi connectivity index (χ1v) is 16.1. The molecule has 3 aromatic carbocycles. The highest BCUT2D eigenvalue weighted by Gasteiger charge is 2.35. The summed E-state index contributed by atoms with van der Waals surface area (Å²) in [6.07, 6.45) is 1.83. The number of rotatable bonds is 3. The Morgan fingerprint density at radius 3 is 2.67 bits per heavy atom. The van der Waals surface area contributed by atoms with E-state index in [2.05, 4.69) is 16.4 Å². The molecule has 10 nitrogen and oxygen atoms in total. The summed E-state index contributed by atoms with van der Waals surface area (Å²) in [5, 5.41) is 8.97. The highest BCUT2D eigenvalue weighted by atomic mass is 32.2. The zero-order chi connectivity index (χ0) is 30.3. The van der Waals surface area contributed by atoms with Crippen LogP contribution in [0.25, 0.3) is 11.0 Å². The summed E-state index contributed by atoms with van der Waals surface area (Å²) in [7, 11) is -2.17. The predicted molar refractivity (Wildman–Crippen MR) is 164 cm³/mol. The maximum atomic E-state index is 13.6. The van der Waals surface area contributed by atoms with Crippen LogP contribution in [0.15, 0.2) is 48.5 Å². The number of aromatic nitrogens is 3. The molecule has 0 fully saturated rings. The molecular weight excluding hydrogens is 566 g/mol. The number of nitrogens with zero attached hydrogens (tertiary/aromatic N) is 5. The summed E-state index contributed by atoms with van der Waals surface area (Å²) in [4.78, 5) is 12.9. The van der Waals surface area contributed by atoms with Crippen molar-refractivity contribution >= 4 is 32.9 Å². The smallest absolute Gasteiger partial charge is 0.306 e. The molecule has 11 heteroatoms. The lowest BCUT2D eigenvalue weighted by atomic mass is 9.84. The van der Waals surface area contributed by atoms with Crippen molar-refractivity contribution < 1.29 is 22.7 Å². The second kappa shape index (κ2) is 11.6. The molecule has 4 aromatic rings. The van der Waals surface area contributed by atoms with E-state index in [4.69, 9.17) is 9.47 Å². The minimum Gasteiger partial charge on any atom is -0.494 e. The van der Waals surface area contributed by atoms with Gasteiger partial charge in [-0.25, -0.2) is 4.68 Å². The van der Waals surface area contributed by atoms with E-state index in [1.165, 1.54) is 8.61 Å². The standard InChI is InChI=1S/C32H37N5O5S/c1-5-41-31(38)18-28-23-9-8-21(2)24(16-23)19-36-20-25-17-26(10-12-29(25)35(4)43(36,39)40)42-15-7-6-14-37-30-13-11-27(28)22(3)32(30)33-34-37/h8-13,16-17,28H,5-7,14-15,18-20H2,1-4H3. The summed E-state index contributed by atoms with van der Waals surface area (Å²) in [5.41, 5.74) is 7.98. The van der Waals surface area contributed by atoms with Crippen LogP contribution in [-0.2, 0) is 39.4 Å². The molecule has 2 unspecified atom stereocenters. The Labute approximate surface area is 252 Å². The first kappa shape index (κ1) is 29.1. The molecule has 0 N–H and O–H groups in total. The van der Waals surface area contributed by atoms with Gasteiger partial charge in [-0.1, -0.05) is 29.5 Å². The molecule has 43 heavy (non-hydrogen) atoms. The molecule has 0 spiro atoms. The number of ether oxygens (including phenoxy) is 2. The Morgan fingerprint density at radius 1 is 1.05 bits per heavy atom. The van der Waals surface area contributed by atoms with Gasteiger partial charge in [0.2, 0.25) is 0 Å². The molecule has 7 rings (SSSR count). The van der Waals surface area contributed by atoms with Crippen molar-refractivity contribution in [3.05, 3.63) is 81.9 Å². The average molecular weight is 604 g/mol. The van der Waals surface area contributed by atoms with Crippen molar-refractivity contribution in [2.75, 3.05) is 24.6 Å². The Morgan fingerprint density at radius 2 is 1.86 bits per heavy atom. The first-order valence-electron chi connectivity index (χ1n) is 14.7. The Bertz CT molecular complexity index is 1800. The van der Waals surface area contributed by atoms with Crippen LogP contribution in [0, 0.1) is 13.8 Å². The average Bonchev–Trinajstić information content (AvgIpc) is 3.39. The lowest BCUT2D eigenvalue weighted by molar-refractivity contribution is -0.143. The Hall–Kier alpha value is -3.96. The second-order valence-corrected chi connectivity index (χ2v) is 13.3. The van der Waals surface area contributed by atoms with Crippen molar-refractivity contribution in [1.82, 2.24) is 19.3 Å². The van der Waals surface area contributed by atoms with E-state index in [0.717, 1.165) is 63.0 Å². The Balaban J connectivity index is 1.48. The molecule has 2 atom stereocenters. The maximum absolute atomic E-state index is 13.6. The zero-order valence-electron chi connectivity index (χ0n) is 25.0. The highest BCUT2D eigenvalue weighted by molar-refractivity contribution is 7.90. The van der Waals surface area contributed by atoms with Crippen molar-refractivity contribution in [2.45, 2.75) is 65.6 Å².